The highest BCUT2D eigenvalue weighted by Gasteiger charge is 2.23. The Morgan fingerprint density at radius 2 is 2.00 bits per heavy atom. The van der Waals surface area contributed by atoms with Crippen molar-refractivity contribution in [2.24, 2.45) is 0 Å². The Bertz CT molecular complexity index is 308. The van der Waals surface area contributed by atoms with Gasteiger partial charge < -0.3 is 10.0 Å². The van der Waals surface area contributed by atoms with Gasteiger partial charge in [0.25, 0.3) is 0 Å². The molecule has 1 rings (SSSR count). The van der Waals surface area contributed by atoms with Gasteiger partial charge in [-0.15, -0.1) is 0 Å². The van der Waals surface area contributed by atoms with Crippen LogP contribution in [0.1, 0.15) is 38.5 Å². The first kappa shape index (κ1) is 15.9. The summed E-state index contributed by atoms with van der Waals surface area (Å²) in [6.45, 7) is 1.48. The lowest BCUT2D eigenvalue weighted by atomic mass is 9.94. The van der Waals surface area contributed by atoms with Crippen LogP contribution < -0.4 is 0 Å². The lowest BCUT2D eigenvalue weighted by molar-refractivity contribution is -0.132. The summed E-state index contributed by atoms with van der Waals surface area (Å²) in [5, 5.41) is 17.7. The molecule has 1 aliphatic rings. The molecule has 5 nitrogen and oxygen atoms in total. The van der Waals surface area contributed by atoms with Crippen LogP contribution in [0.25, 0.3) is 0 Å². The first-order valence-electron chi connectivity index (χ1n) is 7.15. The van der Waals surface area contributed by atoms with Gasteiger partial charge in [0, 0.05) is 26.2 Å². The fraction of sp³-hybridized carbons (Fsp3) is 0.857. The molecule has 1 amide bonds. The lowest BCUT2D eigenvalue weighted by Crippen LogP contribution is -2.45. The third kappa shape index (κ3) is 5.58. The monoisotopic (exact) mass is 267 g/mol. The zero-order chi connectivity index (χ0) is 14.1. The molecule has 108 valence electrons. The maximum Gasteiger partial charge on any atom is 0.236 e. The van der Waals surface area contributed by atoms with Crippen LogP contribution in [0.2, 0.25) is 0 Å². The Morgan fingerprint density at radius 3 is 2.58 bits per heavy atom. The van der Waals surface area contributed by atoms with Crippen LogP contribution in [0.5, 0.6) is 0 Å². The molecule has 19 heavy (non-hydrogen) atoms. The van der Waals surface area contributed by atoms with Crippen molar-refractivity contribution in [1.29, 1.82) is 5.26 Å². The number of rotatable bonds is 7. The highest BCUT2D eigenvalue weighted by Crippen LogP contribution is 2.22. The molecule has 0 radical (unpaired) electrons. The second-order valence-electron chi connectivity index (χ2n) is 5.21. The Morgan fingerprint density at radius 1 is 1.32 bits per heavy atom. The Labute approximate surface area is 115 Å². The van der Waals surface area contributed by atoms with Crippen LogP contribution in [-0.2, 0) is 4.79 Å². The SMILES string of the molecule is CN(CCC#N)C(=O)CN(CCO)C1CCCCC1. The quantitative estimate of drug-likeness (QED) is 0.747. The number of nitriles is 1. The van der Waals surface area contributed by atoms with Gasteiger partial charge in [-0.2, -0.15) is 5.26 Å². The number of carbonyl (C=O) groups excluding carboxylic acids is 1. The summed E-state index contributed by atoms with van der Waals surface area (Å²) in [6, 6.07) is 2.47. The number of hydrogen-bond acceptors (Lipinski definition) is 4. The average Bonchev–Trinajstić information content (AvgIpc) is 2.45. The Balaban J connectivity index is 2.47. The molecule has 0 unspecified atom stereocenters. The maximum atomic E-state index is 12.1. The molecule has 0 aromatic heterocycles. The normalized spacial score (nSPS) is 16.3. The number of nitrogens with zero attached hydrogens (tertiary/aromatic N) is 3. The average molecular weight is 267 g/mol. The Kier molecular flexibility index (Phi) is 7.46. The van der Waals surface area contributed by atoms with Gasteiger partial charge in [-0.1, -0.05) is 19.3 Å². The first-order valence-corrected chi connectivity index (χ1v) is 7.15. The molecular formula is C14H25N3O2. The van der Waals surface area contributed by atoms with E-state index in [-0.39, 0.29) is 12.5 Å². The summed E-state index contributed by atoms with van der Waals surface area (Å²) in [5.74, 6) is 0.0364. The fourth-order valence-electron chi connectivity index (χ4n) is 2.60. The largest absolute Gasteiger partial charge is 0.395 e. The molecule has 0 bridgehead atoms. The molecule has 0 spiro atoms. The smallest absolute Gasteiger partial charge is 0.236 e. The number of aliphatic hydroxyl groups is 1. The standard InChI is InChI=1S/C14H25N3O2/c1-16(9-5-8-15)14(19)12-17(10-11-18)13-6-3-2-4-7-13/h13,18H,2-7,9-12H2,1H3. The second-order valence-corrected chi connectivity index (χ2v) is 5.21. The van der Waals surface area contributed by atoms with Crippen molar-refractivity contribution in [2.45, 2.75) is 44.6 Å². The van der Waals surface area contributed by atoms with Crippen molar-refractivity contribution in [3.63, 3.8) is 0 Å². The minimum absolute atomic E-state index is 0.0364. The van der Waals surface area contributed by atoms with E-state index in [2.05, 4.69) is 4.90 Å². The van der Waals surface area contributed by atoms with Gasteiger partial charge in [0.1, 0.15) is 0 Å². The second kappa shape index (κ2) is 8.89. The molecule has 0 atom stereocenters. The van der Waals surface area contributed by atoms with Crippen molar-refractivity contribution in [3.05, 3.63) is 0 Å². The molecule has 0 aromatic carbocycles. The summed E-state index contributed by atoms with van der Waals surface area (Å²) < 4.78 is 0. The molecule has 1 aliphatic carbocycles. The van der Waals surface area contributed by atoms with E-state index >= 15 is 0 Å². The van der Waals surface area contributed by atoms with Crippen LogP contribution in [0, 0.1) is 11.3 Å². The van der Waals surface area contributed by atoms with Crippen LogP contribution in [-0.4, -0.2) is 60.1 Å². The third-order valence-corrected chi connectivity index (χ3v) is 3.80. The molecule has 5 heteroatoms. The van der Waals surface area contributed by atoms with Crippen molar-refractivity contribution in [3.8, 4) is 6.07 Å². The summed E-state index contributed by atoms with van der Waals surface area (Å²) in [6.07, 6.45) is 6.31. The van der Waals surface area contributed by atoms with Gasteiger partial charge in [-0.05, 0) is 12.8 Å². The van der Waals surface area contributed by atoms with E-state index in [1.807, 2.05) is 6.07 Å². The van der Waals surface area contributed by atoms with E-state index in [0.29, 0.717) is 32.1 Å². The molecule has 0 aliphatic heterocycles. The topological polar surface area (TPSA) is 67.6 Å². The zero-order valence-electron chi connectivity index (χ0n) is 11.8. The van der Waals surface area contributed by atoms with Gasteiger partial charge in [0.15, 0.2) is 0 Å². The van der Waals surface area contributed by atoms with E-state index in [1.165, 1.54) is 19.3 Å². The third-order valence-electron chi connectivity index (χ3n) is 3.80. The van der Waals surface area contributed by atoms with Crippen molar-refractivity contribution in [1.82, 2.24) is 9.80 Å². The molecule has 0 heterocycles. The van der Waals surface area contributed by atoms with E-state index < -0.39 is 0 Å². The van der Waals surface area contributed by atoms with Crippen LogP contribution in [0.3, 0.4) is 0 Å². The predicted molar refractivity (Wildman–Crippen MR) is 73.4 cm³/mol. The van der Waals surface area contributed by atoms with Crippen LogP contribution >= 0.6 is 0 Å². The number of likely N-dealkylation sites (N-methyl/N-ethyl adjacent to an activating group) is 1. The minimum Gasteiger partial charge on any atom is -0.395 e. The van der Waals surface area contributed by atoms with Gasteiger partial charge >= 0.3 is 0 Å². The molecule has 0 saturated heterocycles. The first-order chi connectivity index (χ1) is 9.19. The van der Waals surface area contributed by atoms with Crippen LogP contribution in [0.15, 0.2) is 0 Å². The van der Waals surface area contributed by atoms with E-state index in [9.17, 15) is 4.79 Å². The highest BCUT2D eigenvalue weighted by molar-refractivity contribution is 5.78. The summed E-state index contributed by atoms with van der Waals surface area (Å²) in [5.41, 5.74) is 0. The summed E-state index contributed by atoms with van der Waals surface area (Å²) >= 11 is 0. The minimum atomic E-state index is 0.0364. The molecule has 1 fully saturated rings. The van der Waals surface area contributed by atoms with Crippen molar-refractivity contribution >= 4 is 5.91 Å². The zero-order valence-corrected chi connectivity index (χ0v) is 11.8. The molecule has 1 saturated carbocycles. The van der Waals surface area contributed by atoms with Gasteiger partial charge in [-0.25, -0.2) is 0 Å². The molecule has 0 aromatic rings. The van der Waals surface area contributed by atoms with E-state index in [4.69, 9.17) is 10.4 Å². The Hall–Kier alpha value is -1.12. The van der Waals surface area contributed by atoms with E-state index in [0.717, 1.165) is 12.8 Å². The van der Waals surface area contributed by atoms with E-state index in [1.54, 1.807) is 11.9 Å². The number of aliphatic hydroxyl groups excluding tert-OH is 1. The number of amides is 1. The summed E-state index contributed by atoms with van der Waals surface area (Å²) in [7, 11) is 1.73. The molecular weight excluding hydrogens is 242 g/mol. The molecule has 1 N–H and O–H groups in total. The van der Waals surface area contributed by atoms with Crippen LogP contribution in [0.4, 0.5) is 0 Å². The van der Waals surface area contributed by atoms with Crippen molar-refractivity contribution < 1.29 is 9.90 Å². The van der Waals surface area contributed by atoms with Gasteiger partial charge in [0.2, 0.25) is 5.91 Å². The summed E-state index contributed by atoms with van der Waals surface area (Å²) in [4.78, 5) is 15.8. The number of hydrogen-bond donors (Lipinski definition) is 1. The van der Waals surface area contributed by atoms with Gasteiger partial charge in [0.05, 0.1) is 25.6 Å². The fourth-order valence-corrected chi connectivity index (χ4v) is 2.60. The lowest BCUT2D eigenvalue weighted by Gasteiger charge is -2.34. The highest BCUT2D eigenvalue weighted by atomic mass is 16.3. The van der Waals surface area contributed by atoms with Crippen molar-refractivity contribution in [2.75, 3.05) is 33.3 Å². The van der Waals surface area contributed by atoms with Gasteiger partial charge in [-0.3, -0.25) is 9.69 Å². The predicted octanol–water partition coefficient (Wildman–Crippen LogP) is 0.985. The maximum absolute atomic E-state index is 12.1. The number of carbonyl (C=O) groups is 1.